The number of hydrogen-bond donors (Lipinski definition) is 2. The molecule has 1 heterocycles. The first-order valence-electron chi connectivity index (χ1n) is 7.56. The molecule has 4 heteroatoms. The SMILES string of the molecule is CC(C)NC1CCCC(Oc2ccc3[nH]ncc3c2)C1. The number of aromatic nitrogens is 2. The van der Waals surface area contributed by atoms with Crippen LogP contribution >= 0.6 is 0 Å². The highest BCUT2D eigenvalue weighted by Crippen LogP contribution is 2.26. The lowest BCUT2D eigenvalue weighted by molar-refractivity contribution is 0.132. The van der Waals surface area contributed by atoms with Crippen molar-refractivity contribution < 1.29 is 4.74 Å². The summed E-state index contributed by atoms with van der Waals surface area (Å²) in [7, 11) is 0. The summed E-state index contributed by atoms with van der Waals surface area (Å²) in [5.41, 5.74) is 1.06. The molecule has 108 valence electrons. The van der Waals surface area contributed by atoms with Gasteiger partial charge in [-0.1, -0.05) is 13.8 Å². The molecule has 1 fully saturated rings. The minimum Gasteiger partial charge on any atom is -0.490 e. The average molecular weight is 273 g/mol. The van der Waals surface area contributed by atoms with Crippen LogP contribution in [0.3, 0.4) is 0 Å². The number of aromatic amines is 1. The molecule has 4 nitrogen and oxygen atoms in total. The third-order valence-electron chi connectivity index (χ3n) is 3.91. The van der Waals surface area contributed by atoms with Gasteiger partial charge < -0.3 is 10.1 Å². The number of nitrogens with zero attached hydrogens (tertiary/aromatic N) is 1. The van der Waals surface area contributed by atoms with Crippen molar-refractivity contribution in [2.24, 2.45) is 0 Å². The van der Waals surface area contributed by atoms with E-state index in [1.165, 1.54) is 12.8 Å². The van der Waals surface area contributed by atoms with Crippen LogP contribution in [0.15, 0.2) is 24.4 Å². The smallest absolute Gasteiger partial charge is 0.120 e. The van der Waals surface area contributed by atoms with Crippen LogP contribution in [0, 0.1) is 0 Å². The van der Waals surface area contributed by atoms with Gasteiger partial charge in [0.1, 0.15) is 11.9 Å². The normalized spacial score (nSPS) is 23.4. The van der Waals surface area contributed by atoms with Crippen molar-refractivity contribution in [2.45, 2.75) is 57.7 Å². The first-order valence-corrected chi connectivity index (χ1v) is 7.56. The zero-order chi connectivity index (χ0) is 13.9. The maximum atomic E-state index is 6.16. The van der Waals surface area contributed by atoms with Crippen LogP contribution in [0.1, 0.15) is 39.5 Å². The molecule has 1 aliphatic carbocycles. The van der Waals surface area contributed by atoms with E-state index in [0.29, 0.717) is 18.2 Å². The van der Waals surface area contributed by atoms with Crippen molar-refractivity contribution in [3.05, 3.63) is 24.4 Å². The summed E-state index contributed by atoms with van der Waals surface area (Å²) in [5, 5.41) is 11.7. The Labute approximate surface area is 119 Å². The molecule has 0 spiro atoms. The molecule has 1 aliphatic rings. The summed E-state index contributed by atoms with van der Waals surface area (Å²) in [6.45, 7) is 4.41. The molecule has 0 aliphatic heterocycles. The van der Waals surface area contributed by atoms with E-state index < -0.39 is 0 Å². The molecule has 0 amide bonds. The van der Waals surface area contributed by atoms with Crippen molar-refractivity contribution in [1.29, 1.82) is 0 Å². The predicted octanol–water partition coefficient (Wildman–Crippen LogP) is 3.25. The van der Waals surface area contributed by atoms with Gasteiger partial charge in [-0.2, -0.15) is 5.10 Å². The zero-order valence-corrected chi connectivity index (χ0v) is 12.2. The van der Waals surface area contributed by atoms with Crippen LogP contribution in [0.2, 0.25) is 0 Å². The van der Waals surface area contributed by atoms with Gasteiger partial charge >= 0.3 is 0 Å². The number of ether oxygens (including phenoxy) is 1. The van der Waals surface area contributed by atoms with Gasteiger partial charge in [0, 0.05) is 17.5 Å². The van der Waals surface area contributed by atoms with Crippen LogP contribution < -0.4 is 10.1 Å². The number of rotatable bonds is 4. The lowest BCUT2D eigenvalue weighted by atomic mass is 9.92. The summed E-state index contributed by atoms with van der Waals surface area (Å²) >= 11 is 0. The van der Waals surface area contributed by atoms with Gasteiger partial charge in [0.15, 0.2) is 0 Å². The Morgan fingerprint density at radius 1 is 1.35 bits per heavy atom. The van der Waals surface area contributed by atoms with Crippen molar-refractivity contribution >= 4 is 10.9 Å². The molecule has 20 heavy (non-hydrogen) atoms. The third kappa shape index (κ3) is 3.12. The van der Waals surface area contributed by atoms with E-state index in [1.54, 1.807) is 0 Å². The Kier molecular flexibility index (Phi) is 3.92. The molecular weight excluding hydrogens is 250 g/mol. The minimum absolute atomic E-state index is 0.323. The second kappa shape index (κ2) is 5.83. The average Bonchev–Trinajstić information content (AvgIpc) is 2.85. The van der Waals surface area contributed by atoms with Crippen molar-refractivity contribution in [3.8, 4) is 5.75 Å². The summed E-state index contributed by atoms with van der Waals surface area (Å²) in [6, 6.07) is 7.26. The van der Waals surface area contributed by atoms with Crippen molar-refractivity contribution in [3.63, 3.8) is 0 Å². The first-order chi connectivity index (χ1) is 9.70. The monoisotopic (exact) mass is 273 g/mol. The summed E-state index contributed by atoms with van der Waals surface area (Å²) in [4.78, 5) is 0. The standard InChI is InChI=1S/C16H23N3O/c1-11(2)18-13-4-3-5-14(9-13)20-15-6-7-16-12(8-15)10-17-19-16/h6-8,10-11,13-14,18H,3-5,9H2,1-2H3,(H,17,19). The second-order valence-electron chi connectivity index (χ2n) is 6.04. The topological polar surface area (TPSA) is 49.9 Å². The molecule has 0 saturated heterocycles. The molecule has 2 unspecified atom stereocenters. The fourth-order valence-electron chi connectivity index (χ4n) is 3.06. The van der Waals surface area contributed by atoms with Gasteiger partial charge in [-0.25, -0.2) is 0 Å². The maximum Gasteiger partial charge on any atom is 0.120 e. The quantitative estimate of drug-likeness (QED) is 0.899. The molecule has 1 aromatic carbocycles. The first kappa shape index (κ1) is 13.4. The van der Waals surface area contributed by atoms with Gasteiger partial charge in [0.2, 0.25) is 0 Å². The van der Waals surface area contributed by atoms with Gasteiger partial charge in [0.05, 0.1) is 11.7 Å². The Balaban J connectivity index is 1.64. The highest BCUT2D eigenvalue weighted by molar-refractivity contribution is 5.79. The lowest BCUT2D eigenvalue weighted by Gasteiger charge is -2.31. The fraction of sp³-hybridized carbons (Fsp3) is 0.562. The Morgan fingerprint density at radius 3 is 3.10 bits per heavy atom. The Hall–Kier alpha value is -1.55. The van der Waals surface area contributed by atoms with E-state index in [1.807, 2.05) is 18.3 Å². The maximum absolute atomic E-state index is 6.16. The fourth-order valence-corrected chi connectivity index (χ4v) is 3.06. The molecule has 1 aromatic heterocycles. The zero-order valence-electron chi connectivity index (χ0n) is 12.2. The van der Waals surface area contributed by atoms with E-state index in [-0.39, 0.29) is 0 Å². The van der Waals surface area contributed by atoms with Gasteiger partial charge in [0.25, 0.3) is 0 Å². The van der Waals surface area contributed by atoms with Gasteiger partial charge in [-0.3, -0.25) is 5.10 Å². The van der Waals surface area contributed by atoms with Crippen molar-refractivity contribution in [1.82, 2.24) is 15.5 Å². The minimum atomic E-state index is 0.323. The van der Waals surface area contributed by atoms with Gasteiger partial charge in [-0.05, 0) is 43.9 Å². The number of nitrogens with one attached hydrogen (secondary N) is 2. The molecular formula is C16H23N3O. The number of hydrogen-bond acceptors (Lipinski definition) is 3. The summed E-state index contributed by atoms with van der Waals surface area (Å²) in [5.74, 6) is 0.953. The molecule has 2 aromatic rings. The molecule has 0 radical (unpaired) electrons. The molecule has 2 atom stereocenters. The number of fused-ring (bicyclic) bond motifs is 1. The molecule has 1 saturated carbocycles. The number of H-pyrrole nitrogens is 1. The van der Waals surface area contributed by atoms with Crippen LogP contribution in [-0.2, 0) is 0 Å². The van der Waals surface area contributed by atoms with E-state index in [0.717, 1.165) is 29.5 Å². The van der Waals surface area contributed by atoms with E-state index in [4.69, 9.17) is 4.74 Å². The van der Waals surface area contributed by atoms with Crippen LogP contribution in [0.25, 0.3) is 10.9 Å². The highest BCUT2D eigenvalue weighted by Gasteiger charge is 2.23. The van der Waals surface area contributed by atoms with Crippen LogP contribution in [0.4, 0.5) is 0 Å². The Morgan fingerprint density at radius 2 is 2.25 bits per heavy atom. The molecule has 2 N–H and O–H groups in total. The van der Waals surface area contributed by atoms with Crippen LogP contribution in [-0.4, -0.2) is 28.4 Å². The summed E-state index contributed by atoms with van der Waals surface area (Å²) in [6.07, 6.45) is 6.92. The number of benzene rings is 1. The Bertz CT molecular complexity index is 564. The van der Waals surface area contributed by atoms with Crippen LogP contribution in [0.5, 0.6) is 5.75 Å². The van der Waals surface area contributed by atoms with E-state index in [9.17, 15) is 0 Å². The molecule has 3 rings (SSSR count). The molecule has 0 bridgehead atoms. The predicted molar refractivity (Wildman–Crippen MR) is 81.0 cm³/mol. The van der Waals surface area contributed by atoms with E-state index in [2.05, 4.69) is 35.4 Å². The van der Waals surface area contributed by atoms with Gasteiger partial charge in [-0.15, -0.1) is 0 Å². The third-order valence-corrected chi connectivity index (χ3v) is 3.91. The van der Waals surface area contributed by atoms with Crippen molar-refractivity contribution in [2.75, 3.05) is 0 Å². The lowest BCUT2D eigenvalue weighted by Crippen LogP contribution is -2.41. The second-order valence-corrected chi connectivity index (χ2v) is 6.04. The highest BCUT2D eigenvalue weighted by atomic mass is 16.5. The largest absolute Gasteiger partial charge is 0.490 e. The van der Waals surface area contributed by atoms with E-state index >= 15 is 0 Å². The summed E-state index contributed by atoms with van der Waals surface area (Å²) < 4.78 is 6.16.